The highest BCUT2D eigenvalue weighted by atomic mass is 15.2. The first kappa shape index (κ1) is 15.3. The second-order valence-corrected chi connectivity index (χ2v) is 6.86. The van der Waals surface area contributed by atoms with Crippen molar-refractivity contribution in [3.8, 4) is 0 Å². The molecular weight excluding hydrogens is 232 g/mol. The molecule has 1 N–H and O–H groups in total. The van der Waals surface area contributed by atoms with Gasteiger partial charge in [-0.2, -0.15) is 0 Å². The molecule has 4 atom stereocenters. The van der Waals surface area contributed by atoms with Gasteiger partial charge in [0, 0.05) is 24.7 Å². The van der Waals surface area contributed by atoms with Crippen LogP contribution in [0, 0.1) is 5.92 Å². The van der Waals surface area contributed by atoms with Crippen LogP contribution in [0.2, 0.25) is 0 Å². The Bertz CT molecular complexity index is 254. The monoisotopic (exact) mass is 266 g/mol. The average Bonchev–Trinajstić information content (AvgIpc) is 2.45. The molecule has 112 valence electrons. The van der Waals surface area contributed by atoms with Crippen molar-refractivity contribution in [3.05, 3.63) is 0 Å². The van der Waals surface area contributed by atoms with Gasteiger partial charge in [-0.1, -0.05) is 33.1 Å². The van der Waals surface area contributed by atoms with Gasteiger partial charge in [-0.05, 0) is 51.5 Å². The summed E-state index contributed by atoms with van der Waals surface area (Å²) in [6.07, 6.45) is 11.2. The summed E-state index contributed by atoms with van der Waals surface area (Å²) in [4.78, 5) is 2.84. The van der Waals surface area contributed by atoms with Crippen LogP contribution in [0.3, 0.4) is 0 Å². The molecule has 2 nitrogen and oxygen atoms in total. The molecule has 2 aliphatic rings. The second-order valence-electron chi connectivity index (χ2n) is 6.86. The van der Waals surface area contributed by atoms with Crippen LogP contribution in [-0.4, -0.2) is 36.1 Å². The van der Waals surface area contributed by atoms with Crippen LogP contribution < -0.4 is 5.32 Å². The van der Waals surface area contributed by atoms with Gasteiger partial charge in [-0.25, -0.2) is 0 Å². The van der Waals surface area contributed by atoms with Gasteiger partial charge in [0.2, 0.25) is 0 Å². The molecule has 1 aliphatic carbocycles. The molecule has 19 heavy (non-hydrogen) atoms. The Kier molecular flexibility index (Phi) is 6.15. The predicted molar refractivity (Wildman–Crippen MR) is 83.5 cm³/mol. The highest BCUT2D eigenvalue weighted by Gasteiger charge is 2.32. The minimum Gasteiger partial charge on any atom is -0.314 e. The van der Waals surface area contributed by atoms with Gasteiger partial charge in [-0.15, -0.1) is 0 Å². The van der Waals surface area contributed by atoms with E-state index >= 15 is 0 Å². The highest BCUT2D eigenvalue weighted by Crippen LogP contribution is 2.32. The van der Waals surface area contributed by atoms with Gasteiger partial charge in [0.1, 0.15) is 0 Å². The molecule has 2 rings (SSSR count). The maximum atomic E-state index is 3.72. The Morgan fingerprint density at radius 2 is 1.95 bits per heavy atom. The van der Waals surface area contributed by atoms with Crippen LogP contribution in [0.1, 0.15) is 72.1 Å². The zero-order valence-corrected chi connectivity index (χ0v) is 13.3. The fraction of sp³-hybridized carbons (Fsp3) is 1.00. The summed E-state index contributed by atoms with van der Waals surface area (Å²) in [5, 5.41) is 3.72. The Morgan fingerprint density at radius 1 is 1.11 bits per heavy atom. The molecular formula is C17H34N2. The van der Waals surface area contributed by atoms with E-state index in [0.29, 0.717) is 0 Å². The smallest absolute Gasteiger partial charge is 0.0101 e. The maximum absolute atomic E-state index is 3.72. The summed E-state index contributed by atoms with van der Waals surface area (Å²) < 4.78 is 0. The largest absolute Gasteiger partial charge is 0.314 e. The average molecular weight is 266 g/mol. The summed E-state index contributed by atoms with van der Waals surface area (Å²) in [6.45, 7) is 9.60. The minimum atomic E-state index is 0.775. The fourth-order valence-corrected chi connectivity index (χ4v) is 4.20. The lowest BCUT2D eigenvalue weighted by molar-refractivity contribution is 0.0540. The number of hydrogen-bond acceptors (Lipinski definition) is 2. The van der Waals surface area contributed by atoms with Crippen molar-refractivity contribution in [1.82, 2.24) is 10.2 Å². The third kappa shape index (κ3) is 4.19. The quantitative estimate of drug-likeness (QED) is 0.814. The molecule has 4 unspecified atom stereocenters. The molecule has 0 radical (unpaired) electrons. The van der Waals surface area contributed by atoms with Crippen LogP contribution in [-0.2, 0) is 0 Å². The second kappa shape index (κ2) is 7.64. The summed E-state index contributed by atoms with van der Waals surface area (Å²) in [6, 6.07) is 2.45. The third-order valence-corrected chi connectivity index (χ3v) is 5.41. The van der Waals surface area contributed by atoms with E-state index in [4.69, 9.17) is 0 Å². The lowest BCUT2D eigenvalue weighted by Crippen LogP contribution is -2.52. The Hall–Kier alpha value is -0.0800. The lowest BCUT2D eigenvalue weighted by Gasteiger charge is -2.45. The van der Waals surface area contributed by atoms with E-state index in [-0.39, 0.29) is 0 Å². The molecule has 0 aromatic heterocycles. The van der Waals surface area contributed by atoms with Gasteiger partial charge in [-0.3, -0.25) is 4.90 Å². The first-order chi connectivity index (χ1) is 9.24. The number of nitrogens with zero attached hydrogens (tertiary/aromatic N) is 1. The predicted octanol–water partition coefficient (Wildman–Crippen LogP) is 3.81. The number of rotatable bonds is 5. The van der Waals surface area contributed by atoms with E-state index in [1.165, 1.54) is 64.5 Å². The maximum Gasteiger partial charge on any atom is 0.0101 e. The number of hydrogen-bond donors (Lipinski definition) is 1. The summed E-state index contributed by atoms with van der Waals surface area (Å²) in [5.41, 5.74) is 0. The minimum absolute atomic E-state index is 0.775. The van der Waals surface area contributed by atoms with Crippen molar-refractivity contribution in [2.45, 2.75) is 90.3 Å². The SMILES string of the molecule is CCCNC1CCN(C2CCCC(CC)C2)C(C)C1. The van der Waals surface area contributed by atoms with Crippen LogP contribution in [0.5, 0.6) is 0 Å². The molecule has 0 bridgehead atoms. The van der Waals surface area contributed by atoms with E-state index in [1.54, 1.807) is 0 Å². The number of likely N-dealkylation sites (tertiary alicyclic amines) is 1. The first-order valence-corrected chi connectivity index (χ1v) is 8.73. The first-order valence-electron chi connectivity index (χ1n) is 8.73. The van der Waals surface area contributed by atoms with Gasteiger partial charge < -0.3 is 5.32 Å². The van der Waals surface area contributed by atoms with Gasteiger partial charge in [0.25, 0.3) is 0 Å². The van der Waals surface area contributed by atoms with Gasteiger partial charge in [0.05, 0.1) is 0 Å². The Morgan fingerprint density at radius 3 is 2.63 bits per heavy atom. The van der Waals surface area contributed by atoms with Crippen LogP contribution in [0.15, 0.2) is 0 Å². The normalized spacial score (nSPS) is 37.4. The van der Waals surface area contributed by atoms with Crippen molar-refractivity contribution in [2.75, 3.05) is 13.1 Å². The van der Waals surface area contributed by atoms with Crippen molar-refractivity contribution >= 4 is 0 Å². The van der Waals surface area contributed by atoms with Crippen molar-refractivity contribution in [1.29, 1.82) is 0 Å². The highest BCUT2D eigenvalue weighted by molar-refractivity contribution is 4.89. The molecule has 0 amide bonds. The number of nitrogens with one attached hydrogen (secondary N) is 1. The number of piperidine rings is 1. The van der Waals surface area contributed by atoms with E-state index < -0.39 is 0 Å². The van der Waals surface area contributed by atoms with Crippen LogP contribution in [0.4, 0.5) is 0 Å². The van der Waals surface area contributed by atoms with E-state index in [1.807, 2.05) is 0 Å². The molecule has 2 heteroatoms. The molecule has 1 saturated heterocycles. The van der Waals surface area contributed by atoms with Crippen molar-refractivity contribution in [3.63, 3.8) is 0 Å². The molecule has 0 spiro atoms. The summed E-state index contributed by atoms with van der Waals surface area (Å²) >= 11 is 0. The van der Waals surface area contributed by atoms with Crippen molar-refractivity contribution < 1.29 is 0 Å². The topological polar surface area (TPSA) is 15.3 Å². The van der Waals surface area contributed by atoms with E-state index in [9.17, 15) is 0 Å². The molecule has 1 saturated carbocycles. The molecule has 2 fully saturated rings. The molecule has 1 heterocycles. The van der Waals surface area contributed by atoms with Gasteiger partial charge in [0.15, 0.2) is 0 Å². The Labute approximate surface area is 120 Å². The van der Waals surface area contributed by atoms with E-state index in [0.717, 1.165) is 24.0 Å². The molecule has 0 aromatic rings. The van der Waals surface area contributed by atoms with Crippen LogP contribution >= 0.6 is 0 Å². The molecule has 1 aliphatic heterocycles. The lowest BCUT2D eigenvalue weighted by atomic mass is 9.82. The van der Waals surface area contributed by atoms with E-state index in [2.05, 4.69) is 31.0 Å². The molecule has 0 aromatic carbocycles. The zero-order chi connectivity index (χ0) is 13.7. The zero-order valence-electron chi connectivity index (χ0n) is 13.3. The van der Waals surface area contributed by atoms with Gasteiger partial charge >= 0.3 is 0 Å². The van der Waals surface area contributed by atoms with Crippen LogP contribution in [0.25, 0.3) is 0 Å². The Balaban J connectivity index is 1.81. The standard InChI is InChI=1S/C17H34N2/c1-4-10-18-16-9-11-19(14(3)12-16)17-8-6-7-15(5-2)13-17/h14-18H,4-13H2,1-3H3. The summed E-state index contributed by atoms with van der Waals surface area (Å²) in [7, 11) is 0. The third-order valence-electron chi connectivity index (χ3n) is 5.41. The van der Waals surface area contributed by atoms with Crippen molar-refractivity contribution in [2.24, 2.45) is 5.92 Å². The summed E-state index contributed by atoms with van der Waals surface area (Å²) in [5.74, 6) is 1.00. The fourth-order valence-electron chi connectivity index (χ4n) is 4.20.